The van der Waals surface area contributed by atoms with Gasteiger partial charge in [0.25, 0.3) is 0 Å². The minimum Gasteiger partial charge on any atom is -0.361 e. The van der Waals surface area contributed by atoms with Gasteiger partial charge >= 0.3 is 0 Å². The number of halogens is 3. The van der Waals surface area contributed by atoms with Gasteiger partial charge in [0.2, 0.25) is 0 Å². The van der Waals surface area contributed by atoms with Gasteiger partial charge in [0, 0.05) is 23.0 Å². The number of aromatic amines is 1. The number of fused-ring (bicyclic) bond motifs is 1. The molecular weight excluding hydrogens is 363 g/mol. The molecule has 0 aliphatic carbocycles. The van der Waals surface area contributed by atoms with Crippen molar-refractivity contribution >= 4 is 46.5 Å². The van der Waals surface area contributed by atoms with E-state index in [0.717, 1.165) is 19.4 Å². The lowest BCUT2D eigenvalue weighted by molar-refractivity contribution is 0.631. The van der Waals surface area contributed by atoms with Crippen LogP contribution in [0, 0.1) is 0 Å². The van der Waals surface area contributed by atoms with E-state index in [-0.39, 0.29) is 12.4 Å². The first-order valence-corrected chi connectivity index (χ1v) is 8.62. The van der Waals surface area contributed by atoms with Crippen molar-refractivity contribution in [3.63, 3.8) is 0 Å². The molecule has 128 valence electrons. The first-order valence-electron chi connectivity index (χ1n) is 7.86. The van der Waals surface area contributed by atoms with Crippen molar-refractivity contribution in [3.8, 4) is 0 Å². The van der Waals surface area contributed by atoms with E-state index in [0.29, 0.717) is 16.0 Å². The zero-order valence-electron chi connectivity index (χ0n) is 13.5. The molecule has 1 atom stereocenters. The predicted molar refractivity (Wildman–Crippen MR) is 107 cm³/mol. The Balaban J connectivity index is 0.00000208. The third-order valence-corrected chi connectivity index (χ3v) is 5.01. The molecule has 3 aromatic rings. The normalized spacial score (nSPS) is 12.1. The number of benzene rings is 2. The third-order valence-electron chi connectivity index (χ3n) is 4.27. The summed E-state index contributed by atoms with van der Waals surface area (Å²) in [6.45, 7) is 1.00. The summed E-state index contributed by atoms with van der Waals surface area (Å²) in [7, 11) is 1.99. The second kappa shape index (κ2) is 8.77. The van der Waals surface area contributed by atoms with E-state index in [1.54, 1.807) is 0 Å². The zero-order chi connectivity index (χ0) is 16.2. The summed E-state index contributed by atoms with van der Waals surface area (Å²) in [5, 5.41) is 5.71. The lowest BCUT2D eigenvalue weighted by Crippen LogP contribution is -2.10. The largest absolute Gasteiger partial charge is 0.361 e. The molecule has 0 aliphatic heterocycles. The number of aromatic nitrogens is 1. The molecule has 1 heterocycles. The quantitative estimate of drug-likeness (QED) is 0.500. The van der Waals surface area contributed by atoms with E-state index in [1.165, 1.54) is 22.0 Å². The van der Waals surface area contributed by atoms with Crippen LogP contribution in [0.1, 0.15) is 29.9 Å². The Hall–Kier alpha value is -1.19. The molecule has 0 aliphatic rings. The highest BCUT2D eigenvalue weighted by molar-refractivity contribution is 6.42. The molecule has 0 amide bonds. The Bertz CT molecular complexity index is 798. The van der Waals surface area contributed by atoms with Crippen LogP contribution in [0.2, 0.25) is 10.0 Å². The van der Waals surface area contributed by atoms with Crippen LogP contribution in [0.5, 0.6) is 0 Å². The Morgan fingerprint density at radius 3 is 2.67 bits per heavy atom. The van der Waals surface area contributed by atoms with Crippen molar-refractivity contribution in [1.82, 2.24) is 10.3 Å². The smallest absolute Gasteiger partial charge is 0.0595 e. The second-order valence-corrected chi connectivity index (χ2v) is 6.57. The Kier molecular flexibility index (Phi) is 7.00. The molecule has 5 heteroatoms. The van der Waals surface area contributed by atoms with Crippen LogP contribution < -0.4 is 5.32 Å². The number of H-pyrrole nitrogens is 1. The van der Waals surface area contributed by atoms with E-state index in [1.807, 2.05) is 25.4 Å². The van der Waals surface area contributed by atoms with Crippen molar-refractivity contribution < 1.29 is 0 Å². The van der Waals surface area contributed by atoms with E-state index < -0.39 is 0 Å². The molecule has 0 saturated heterocycles. The summed E-state index contributed by atoms with van der Waals surface area (Å²) in [6.07, 6.45) is 4.15. The van der Waals surface area contributed by atoms with Crippen LogP contribution in [0.15, 0.2) is 48.7 Å². The van der Waals surface area contributed by atoms with Gasteiger partial charge in [-0.05, 0) is 61.8 Å². The third kappa shape index (κ3) is 4.07. The van der Waals surface area contributed by atoms with Crippen LogP contribution in [-0.4, -0.2) is 18.6 Å². The molecule has 24 heavy (non-hydrogen) atoms. The lowest BCUT2D eigenvalue weighted by Gasteiger charge is -2.20. The van der Waals surface area contributed by atoms with Crippen molar-refractivity contribution in [2.24, 2.45) is 0 Å². The maximum atomic E-state index is 6.25. The maximum Gasteiger partial charge on any atom is 0.0595 e. The number of hydrogen-bond acceptors (Lipinski definition) is 1. The van der Waals surface area contributed by atoms with Crippen molar-refractivity contribution in [1.29, 1.82) is 0 Å². The lowest BCUT2D eigenvalue weighted by atomic mass is 9.85. The summed E-state index contributed by atoms with van der Waals surface area (Å²) in [6, 6.07) is 14.6. The first-order chi connectivity index (χ1) is 11.2. The van der Waals surface area contributed by atoms with E-state index in [9.17, 15) is 0 Å². The minimum atomic E-state index is 0. The molecule has 0 bridgehead atoms. The number of hydrogen-bond donors (Lipinski definition) is 2. The molecule has 0 fully saturated rings. The Morgan fingerprint density at radius 1 is 1.08 bits per heavy atom. The van der Waals surface area contributed by atoms with Gasteiger partial charge in [-0.3, -0.25) is 0 Å². The van der Waals surface area contributed by atoms with E-state index in [2.05, 4.69) is 40.6 Å². The van der Waals surface area contributed by atoms with Gasteiger partial charge in [-0.1, -0.05) is 41.4 Å². The Labute approximate surface area is 159 Å². The van der Waals surface area contributed by atoms with Crippen molar-refractivity contribution in [2.45, 2.75) is 18.8 Å². The Morgan fingerprint density at radius 2 is 1.92 bits per heavy atom. The van der Waals surface area contributed by atoms with Gasteiger partial charge in [0.1, 0.15) is 0 Å². The molecule has 0 saturated carbocycles. The minimum absolute atomic E-state index is 0. The van der Waals surface area contributed by atoms with Crippen LogP contribution >= 0.6 is 35.6 Å². The zero-order valence-corrected chi connectivity index (χ0v) is 15.8. The fourth-order valence-electron chi connectivity index (χ4n) is 3.13. The van der Waals surface area contributed by atoms with E-state index in [4.69, 9.17) is 23.2 Å². The summed E-state index contributed by atoms with van der Waals surface area (Å²) in [5.74, 6) is 0.303. The highest BCUT2D eigenvalue weighted by Crippen LogP contribution is 2.36. The summed E-state index contributed by atoms with van der Waals surface area (Å²) in [4.78, 5) is 3.29. The van der Waals surface area contributed by atoms with Gasteiger partial charge in [-0.25, -0.2) is 0 Å². The molecule has 3 rings (SSSR count). The topological polar surface area (TPSA) is 27.8 Å². The van der Waals surface area contributed by atoms with Gasteiger partial charge in [-0.2, -0.15) is 0 Å². The average Bonchev–Trinajstić information content (AvgIpc) is 3.03. The van der Waals surface area contributed by atoms with Crippen molar-refractivity contribution in [2.75, 3.05) is 13.6 Å². The fraction of sp³-hybridized carbons (Fsp3) is 0.263. The second-order valence-electron chi connectivity index (χ2n) is 5.76. The highest BCUT2D eigenvalue weighted by atomic mass is 35.5. The first kappa shape index (κ1) is 19.1. The standard InChI is InChI=1S/C19H20Cl2N2.ClH/c1-22-10-3-5-14(13-7-8-17(20)18(21)12-13)15-4-2-6-19-16(15)9-11-23-19;/h2,4,6-9,11-12,14,22-23H,3,5,10H2,1H3;1H/t14-;/m1./s1. The number of rotatable bonds is 6. The maximum absolute atomic E-state index is 6.25. The van der Waals surface area contributed by atoms with Crippen LogP contribution in [0.4, 0.5) is 0 Å². The summed E-state index contributed by atoms with van der Waals surface area (Å²) in [5.41, 5.74) is 3.71. The molecule has 0 spiro atoms. The molecular formula is C19H21Cl3N2. The average molecular weight is 384 g/mol. The molecule has 2 aromatic carbocycles. The van der Waals surface area contributed by atoms with E-state index >= 15 is 0 Å². The van der Waals surface area contributed by atoms with Crippen LogP contribution in [0.25, 0.3) is 10.9 Å². The van der Waals surface area contributed by atoms with Gasteiger partial charge < -0.3 is 10.3 Å². The number of nitrogens with one attached hydrogen (secondary N) is 2. The van der Waals surface area contributed by atoms with Gasteiger partial charge in [0.05, 0.1) is 10.0 Å². The highest BCUT2D eigenvalue weighted by Gasteiger charge is 2.18. The van der Waals surface area contributed by atoms with Gasteiger partial charge in [0.15, 0.2) is 0 Å². The van der Waals surface area contributed by atoms with Crippen LogP contribution in [0.3, 0.4) is 0 Å². The fourth-order valence-corrected chi connectivity index (χ4v) is 3.43. The van der Waals surface area contributed by atoms with Gasteiger partial charge in [-0.15, -0.1) is 12.4 Å². The van der Waals surface area contributed by atoms with Crippen molar-refractivity contribution in [3.05, 3.63) is 69.8 Å². The SMILES string of the molecule is CNCCC[C@H](c1ccc(Cl)c(Cl)c1)c1cccc2[nH]ccc12.Cl. The van der Waals surface area contributed by atoms with Crippen LogP contribution in [-0.2, 0) is 0 Å². The summed E-state index contributed by atoms with van der Waals surface area (Å²) < 4.78 is 0. The molecule has 2 nitrogen and oxygen atoms in total. The molecule has 2 N–H and O–H groups in total. The molecule has 0 unspecified atom stereocenters. The summed E-state index contributed by atoms with van der Waals surface area (Å²) >= 11 is 12.3. The predicted octanol–water partition coefficient (Wildman–Crippen LogP) is 6.03. The molecule has 0 radical (unpaired) electrons. The molecule has 1 aromatic heterocycles. The monoisotopic (exact) mass is 382 g/mol.